The summed E-state index contributed by atoms with van der Waals surface area (Å²) in [5.41, 5.74) is 4.51. The summed E-state index contributed by atoms with van der Waals surface area (Å²) < 4.78 is 13.8. The molecule has 4 heteroatoms. The van der Waals surface area contributed by atoms with E-state index in [0.29, 0.717) is 18.8 Å². The van der Waals surface area contributed by atoms with Crippen molar-refractivity contribution in [2.24, 2.45) is 11.7 Å². The smallest absolute Gasteiger partial charge is 0.315 e. The minimum Gasteiger partial charge on any atom is -0.481 e. The van der Waals surface area contributed by atoms with E-state index in [4.69, 9.17) is 5.73 Å². The van der Waals surface area contributed by atoms with Crippen molar-refractivity contribution in [3.63, 3.8) is 0 Å². The summed E-state index contributed by atoms with van der Waals surface area (Å²) in [5.74, 6) is -1.22. The average molecular weight is 253 g/mol. The fourth-order valence-electron chi connectivity index (χ4n) is 2.04. The number of carbonyl (C=O) groups is 1. The first kappa shape index (κ1) is 14.6. The Kier molecular flexibility index (Phi) is 4.84. The van der Waals surface area contributed by atoms with Crippen LogP contribution in [0.1, 0.15) is 32.3 Å². The molecule has 0 saturated heterocycles. The quantitative estimate of drug-likeness (QED) is 0.819. The lowest BCUT2D eigenvalue weighted by Crippen LogP contribution is -2.44. The van der Waals surface area contributed by atoms with Crippen molar-refractivity contribution in [2.75, 3.05) is 6.54 Å². The molecule has 1 aromatic carbocycles. The van der Waals surface area contributed by atoms with Crippen LogP contribution in [-0.4, -0.2) is 17.6 Å². The number of benzene rings is 1. The second kappa shape index (κ2) is 5.96. The van der Waals surface area contributed by atoms with Crippen LogP contribution in [0.3, 0.4) is 0 Å². The zero-order valence-electron chi connectivity index (χ0n) is 10.8. The first-order valence-electron chi connectivity index (χ1n) is 6.12. The molecule has 1 rings (SSSR count). The third-order valence-corrected chi connectivity index (χ3v) is 3.30. The van der Waals surface area contributed by atoms with Gasteiger partial charge >= 0.3 is 5.97 Å². The Balaban J connectivity index is 3.19. The van der Waals surface area contributed by atoms with Crippen LogP contribution in [0.4, 0.5) is 4.39 Å². The monoisotopic (exact) mass is 253 g/mol. The minimum atomic E-state index is -1.32. The largest absolute Gasteiger partial charge is 0.481 e. The molecule has 0 aliphatic heterocycles. The van der Waals surface area contributed by atoms with Crippen LogP contribution >= 0.6 is 0 Å². The summed E-state index contributed by atoms with van der Waals surface area (Å²) in [5, 5.41) is 9.47. The Morgan fingerprint density at radius 1 is 1.44 bits per heavy atom. The minimum absolute atomic E-state index is 0.101. The van der Waals surface area contributed by atoms with E-state index in [-0.39, 0.29) is 12.1 Å². The van der Waals surface area contributed by atoms with Gasteiger partial charge in [0.25, 0.3) is 0 Å². The maximum Gasteiger partial charge on any atom is 0.315 e. The summed E-state index contributed by atoms with van der Waals surface area (Å²) in [4.78, 5) is 11.6. The third kappa shape index (κ3) is 2.88. The van der Waals surface area contributed by atoms with Crippen LogP contribution in [0, 0.1) is 11.7 Å². The van der Waals surface area contributed by atoms with Crippen LogP contribution in [0.5, 0.6) is 0 Å². The molecule has 0 bridgehead atoms. The van der Waals surface area contributed by atoms with Gasteiger partial charge in [0.1, 0.15) is 11.2 Å². The topological polar surface area (TPSA) is 63.3 Å². The molecule has 0 aliphatic rings. The van der Waals surface area contributed by atoms with Gasteiger partial charge in [0.2, 0.25) is 0 Å². The summed E-state index contributed by atoms with van der Waals surface area (Å²) >= 11 is 0. The lowest BCUT2D eigenvalue weighted by atomic mass is 9.75. The highest BCUT2D eigenvalue weighted by Gasteiger charge is 2.40. The summed E-state index contributed by atoms with van der Waals surface area (Å²) in [6.07, 6.45) is 1.04. The zero-order valence-corrected chi connectivity index (χ0v) is 10.8. The SMILES string of the molecule is CC(C)CCC(CN)(C(=O)O)c1ccccc1F. The molecule has 1 unspecified atom stereocenters. The van der Waals surface area contributed by atoms with E-state index in [1.165, 1.54) is 12.1 Å². The summed E-state index contributed by atoms with van der Waals surface area (Å²) in [6, 6.07) is 5.97. The summed E-state index contributed by atoms with van der Waals surface area (Å²) in [7, 11) is 0. The maximum atomic E-state index is 13.8. The highest BCUT2D eigenvalue weighted by molar-refractivity contribution is 5.81. The van der Waals surface area contributed by atoms with E-state index in [1.807, 2.05) is 13.8 Å². The van der Waals surface area contributed by atoms with Gasteiger partial charge in [0.05, 0.1) is 0 Å². The van der Waals surface area contributed by atoms with E-state index in [1.54, 1.807) is 12.1 Å². The highest BCUT2D eigenvalue weighted by Crippen LogP contribution is 2.32. The molecular weight excluding hydrogens is 233 g/mol. The molecule has 3 nitrogen and oxygen atoms in total. The number of halogens is 1. The number of hydrogen-bond donors (Lipinski definition) is 2. The van der Waals surface area contributed by atoms with Crippen LogP contribution in [0.15, 0.2) is 24.3 Å². The second-order valence-electron chi connectivity index (χ2n) is 5.00. The Bertz CT molecular complexity index is 420. The van der Waals surface area contributed by atoms with E-state index in [2.05, 4.69) is 0 Å². The highest BCUT2D eigenvalue weighted by atomic mass is 19.1. The van der Waals surface area contributed by atoms with Crippen molar-refractivity contribution in [2.45, 2.75) is 32.1 Å². The number of rotatable bonds is 6. The molecule has 0 aromatic heterocycles. The van der Waals surface area contributed by atoms with Crippen molar-refractivity contribution in [1.82, 2.24) is 0 Å². The molecule has 0 saturated carbocycles. The van der Waals surface area contributed by atoms with Crippen LogP contribution in [0.2, 0.25) is 0 Å². The van der Waals surface area contributed by atoms with Crippen LogP contribution < -0.4 is 5.73 Å². The molecular formula is C14H20FNO2. The Hall–Kier alpha value is -1.42. The van der Waals surface area contributed by atoms with Gasteiger partial charge in [-0.3, -0.25) is 4.79 Å². The maximum absolute atomic E-state index is 13.8. The van der Waals surface area contributed by atoms with Gasteiger partial charge in [-0.1, -0.05) is 32.0 Å². The van der Waals surface area contributed by atoms with Crippen molar-refractivity contribution in [3.05, 3.63) is 35.6 Å². The summed E-state index contributed by atoms with van der Waals surface area (Å²) in [6.45, 7) is 3.91. The van der Waals surface area contributed by atoms with Crippen molar-refractivity contribution in [3.8, 4) is 0 Å². The lowest BCUT2D eigenvalue weighted by Gasteiger charge is -2.29. The second-order valence-corrected chi connectivity index (χ2v) is 5.00. The van der Waals surface area contributed by atoms with Gasteiger partial charge in [-0.25, -0.2) is 4.39 Å². The number of hydrogen-bond acceptors (Lipinski definition) is 2. The van der Waals surface area contributed by atoms with E-state index < -0.39 is 17.2 Å². The van der Waals surface area contributed by atoms with Gasteiger partial charge < -0.3 is 10.8 Å². The Labute approximate surface area is 107 Å². The first-order chi connectivity index (χ1) is 8.44. The molecule has 1 aromatic rings. The van der Waals surface area contributed by atoms with Gasteiger partial charge in [-0.15, -0.1) is 0 Å². The van der Waals surface area contributed by atoms with Gasteiger partial charge in [0, 0.05) is 12.1 Å². The normalized spacial score (nSPS) is 14.5. The van der Waals surface area contributed by atoms with Crippen molar-refractivity contribution >= 4 is 5.97 Å². The van der Waals surface area contributed by atoms with Crippen LogP contribution in [0.25, 0.3) is 0 Å². The molecule has 0 radical (unpaired) electrons. The Morgan fingerprint density at radius 3 is 2.50 bits per heavy atom. The standard InChI is InChI=1S/C14H20FNO2/c1-10(2)7-8-14(9-16,13(17)18)11-5-3-4-6-12(11)15/h3-6,10H,7-9,16H2,1-2H3,(H,17,18). The molecule has 3 N–H and O–H groups in total. The molecule has 0 spiro atoms. The molecule has 1 atom stereocenters. The van der Waals surface area contributed by atoms with Crippen molar-refractivity contribution < 1.29 is 14.3 Å². The predicted molar refractivity (Wildman–Crippen MR) is 68.8 cm³/mol. The third-order valence-electron chi connectivity index (χ3n) is 3.30. The first-order valence-corrected chi connectivity index (χ1v) is 6.12. The van der Waals surface area contributed by atoms with Crippen molar-refractivity contribution in [1.29, 1.82) is 0 Å². The number of nitrogens with two attached hydrogens (primary N) is 1. The van der Waals surface area contributed by atoms with Crippen LogP contribution in [-0.2, 0) is 10.2 Å². The fourth-order valence-corrected chi connectivity index (χ4v) is 2.04. The average Bonchev–Trinajstić information content (AvgIpc) is 2.31. The molecule has 0 heterocycles. The zero-order chi connectivity index (χ0) is 13.8. The lowest BCUT2D eigenvalue weighted by molar-refractivity contribution is -0.144. The predicted octanol–water partition coefficient (Wildman–Crippen LogP) is 2.54. The van der Waals surface area contributed by atoms with E-state index in [9.17, 15) is 14.3 Å². The molecule has 0 aliphatic carbocycles. The van der Waals surface area contributed by atoms with E-state index >= 15 is 0 Å². The molecule has 18 heavy (non-hydrogen) atoms. The van der Waals surface area contributed by atoms with Gasteiger partial charge in [-0.05, 0) is 24.8 Å². The number of aliphatic carboxylic acids is 1. The number of carboxylic acid groups (broad SMARTS) is 1. The number of carboxylic acids is 1. The molecule has 0 fully saturated rings. The van der Waals surface area contributed by atoms with Gasteiger partial charge in [-0.2, -0.15) is 0 Å². The van der Waals surface area contributed by atoms with Gasteiger partial charge in [0.15, 0.2) is 0 Å². The fraction of sp³-hybridized carbons (Fsp3) is 0.500. The Morgan fingerprint density at radius 2 is 2.06 bits per heavy atom. The van der Waals surface area contributed by atoms with E-state index in [0.717, 1.165) is 0 Å². The molecule has 0 amide bonds. The molecule has 100 valence electrons.